The molecule has 1 aromatic rings. The predicted octanol–water partition coefficient (Wildman–Crippen LogP) is 0.832. The van der Waals surface area contributed by atoms with Gasteiger partial charge in [-0.2, -0.15) is 0 Å². The Hall–Kier alpha value is -1.42. The van der Waals surface area contributed by atoms with Crippen molar-refractivity contribution in [3.05, 3.63) is 35.6 Å². The zero-order valence-electron chi connectivity index (χ0n) is 8.66. The summed E-state index contributed by atoms with van der Waals surface area (Å²) in [4.78, 5) is 11.1. The lowest BCUT2D eigenvalue weighted by atomic mass is 10.1. The zero-order valence-corrected chi connectivity index (χ0v) is 8.66. The van der Waals surface area contributed by atoms with Crippen molar-refractivity contribution >= 4 is 5.91 Å². The predicted molar refractivity (Wildman–Crippen MR) is 56.8 cm³/mol. The fourth-order valence-electron chi connectivity index (χ4n) is 1.18. The van der Waals surface area contributed by atoms with Crippen LogP contribution >= 0.6 is 0 Å². The molecule has 0 radical (unpaired) electrons. The minimum Gasteiger partial charge on any atom is -0.354 e. The Bertz CT molecular complexity index is 339. The second-order valence-corrected chi connectivity index (χ2v) is 3.46. The van der Waals surface area contributed by atoms with E-state index in [0.29, 0.717) is 13.0 Å². The minimum atomic E-state index is -0.502. The van der Waals surface area contributed by atoms with Crippen LogP contribution in [0.25, 0.3) is 0 Å². The van der Waals surface area contributed by atoms with Crippen LogP contribution in [0.4, 0.5) is 4.39 Å². The van der Waals surface area contributed by atoms with Crippen LogP contribution in [0.1, 0.15) is 12.5 Å². The molecule has 0 aromatic heterocycles. The lowest BCUT2D eigenvalue weighted by Crippen LogP contribution is -2.39. The first-order valence-corrected chi connectivity index (χ1v) is 4.87. The van der Waals surface area contributed by atoms with Crippen LogP contribution < -0.4 is 11.1 Å². The summed E-state index contributed by atoms with van der Waals surface area (Å²) in [6.45, 7) is 2.10. The molecule has 1 aromatic carbocycles. The molecule has 0 spiro atoms. The molecule has 15 heavy (non-hydrogen) atoms. The Balaban J connectivity index is 2.35. The molecule has 0 unspecified atom stereocenters. The largest absolute Gasteiger partial charge is 0.354 e. The highest BCUT2D eigenvalue weighted by Crippen LogP contribution is 2.03. The zero-order chi connectivity index (χ0) is 11.3. The quantitative estimate of drug-likeness (QED) is 0.773. The van der Waals surface area contributed by atoms with Crippen molar-refractivity contribution in [2.45, 2.75) is 19.4 Å². The van der Waals surface area contributed by atoms with Crippen molar-refractivity contribution in [2.75, 3.05) is 6.54 Å². The van der Waals surface area contributed by atoms with E-state index in [1.807, 2.05) is 6.07 Å². The number of halogens is 1. The number of nitrogens with two attached hydrogens (primary N) is 1. The van der Waals surface area contributed by atoms with E-state index in [1.165, 1.54) is 12.1 Å². The van der Waals surface area contributed by atoms with E-state index in [0.717, 1.165) is 5.56 Å². The van der Waals surface area contributed by atoms with Crippen molar-refractivity contribution < 1.29 is 9.18 Å². The van der Waals surface area contributed by atoms with Gasteiger partial charge in [0.25, 0.3) is 0 Å². The molecule has 1 rings (SSSR count). The second-order valence-electron chi connectivity index (χ2n) is 3.46. The third-order valence-corrected chi connectivity index (χ3v) is 2.02. The summed E-state index contributed by atoms with van der Waals surface area (Å²) in [5.41, 5.74) is 6.23. The Labute approximate surface area is 88.5 Å². The molecule has 0 saturated carbocycles. The van der Waals surface area contributed by atoms with Gasteiger partial charge in [-0.05, 0) is 31.0 Å². The maximum atomic E-state index is 12.8. The molecule has 0 fully saturated rings. The van der Waals surface area contributed by atoms with E-state index in [4.69, 9.17) is 5.73 Å². The van der Waals surface area contributed by atoms with Crippen LogP contribution in [0.15, 0.2) is 24.3 Å². The molecule has 0 aliphatic carbocycles. The van der Waals surface area contributed by atoms with Gasteiger partial charge in [0.15, 0.2) is 0 Å². The van der Waals surface area contributed by atoms with Crippen LogP contribution in [0.3, 0.4) is 0 Å². The van der Waals surface area contributed by atoms with Crippen LogP contribution in [0.5, 0.6) is 0 Å². The summed E-state index contributed by atoms with van der Waals surface area (Å²) in [6, 6.07) is 5.82. The van der Waals surface area contributed by atoms with E-state index >= 15 is 0 Å². The first-order valence-electron chi connectivity index (χ1n) is 4.87. The molecule has 0 bridgehead atoms. The number of hydrogen-bond donors (Lipinski definition) is 2. The van der Waals surface area contributed by atoms with E-state index in [1.54, 1.807) is 13.0 Å². The van der Waals surface area contributed by atoms with Crippen molar-refractivity contribution in [1.29, 1.82) is 0 Å². The van der Waals surface area contributed by atoms with Crippen LogP contribution in [-0.4, -0.2) is 18.5 Å². The van der Waals surface area contributed by atoms with Crippen LogP contribution in [0.2, 0.25) is 0 Å². The smallest absolute Gasteiger partial charge is 0.236 e. The summed E-state index contributed by atoms with van der Waals surface area (Å²) in [5, 5.41) is 2.66. The van der Waals surface area contributed by atoms with Gasteiger partial charge in [-0.15, -0.1) is 0 Å². The topological polar surface area (TPSA) is 55.1 Å². The molecule has 3 N–H and O–H groups in total. The molecule has 4 heteroatoms. The number of rotatable bonds is 4. The van der Waals surface area contributed by atoms with Crippen LogP contribution in [0, 0.1) is 5.82 Å². The first-order chi connectivity index (χ1) is 7.09. The minimum absolute atomic E-state index is 0.189. The molecular formula is C11H15FN2O. The first kappa shape index (κ1) is 11.7. The molecule has 0 saturated heterocycles. The number of hydrogen-bond acceptors (Lipinski definition) is 2. The Morgan fingerprint density at radius 2 is 2.33 bits per heavy atom. The molecule has 3 nitrogen and oxygen atoms in total. The van der Waals surface area contributed by atoms with Crippen molar-refractivity contribution in [3.63, 3.8) is 0 Å². The maximum Gasteiger partial charge on any atom is 0.236 e. The summed E-state index contributed by atoms with van der Waals surface area (Å²) < 4.78 is 12.8. The highest BCUT2D eigenvalue weighted by atomic mass is 19.1. The third kappa shape index (κ3) is 4.08. The Morgan fingerprint density at radius 3 is 2.93 bits per heavy atom. The molecule has 0 aliphatic rings. The summed E-state index contributed by atoms with van der Waals surface area (Å²) in [7, 11) is 0. The van der Waals surface area contributed by atoms with Crippen LogP contribution in [-0.2, 0) is 11.2 Å². The molecule has 0 aliphatic heterocycles. The molecule has 0 heterocycles. The average Bonchev–Trinajstić information content (AvgIpc) is 2.17. The van der Waals surface area contributed by atoms with E-state index in [-0.39, 0.29) is 11.7 Å². The molecule has 82 valence electrons. The average molecular weight is 210 g/mol. The maximum absolute atomic E-state index is 12.8. The van der Waals surface area contributed by atoms with Gasteiger partial charge in [0.05, 0.1) is 6.04 Å². The molecule has 1 amide bonds. The number of benzene rings is 1. The number of amides is 1. The van der Waals surface area contributed by atoms with Gasteiger partial charge in [-0.25, -0.2) is 4.39 Å². The molecular weight excluding hydrogens is 195 g/mol. The van der Waals surface area contributed by atoms with Gasteiger partial charge in [0.1, 0.15) is 5.82 Å². The van der Waals surface area contributed by atoms with E-state index in [9.17, 15) is 9.18 Å². The fraction of sp³-hybridized carbons (Fsp3) is 0.364. The standard InChI is InChI=1S/C11H15FN2O/c1-8(13)11(15)14-6-5-9-3-2-4-10(12)7-9/h2-4,7-8H,5-6,13H2,1H3,(H,14,15)/t8-/m0/s1. The van der Waals surface area contributed by atoms with Gasteiger partial charge in [-0.1, -0.05) is 12.1 Å². The normalized spacial score (nSPS) is 12.2. The van der Waals surface area contributed by atoms with Crippen molar-refractivity contribution in [3.8, 4) is 0 Å². The third-order valence-electron chi connectivity index (χ3n) is 2.02. The van der Waals surface area contributed by atoms with Gasteiger partial charge in [-0.3, -0.25) is 4.79 Å². The number of carbonyl (C=O) groups is 1. The number of nitrogens with one attached hydrogen (secondary N) is 1. The Morgan fingerprint density at radius 1 is 1.60 bits per heavy atom. The molecule has 1 atom stereocenters. The highest BCUT2D eigenvalue weighted by molar-refractivity contribution is 5.80. The second kappa shape index (κ2) is 5.46. The fourth-order valence-corrected chi connectivity index (χ4v) is 1.18. The summed E-state index contributed by atoms with van der Waals surface area (Å²) >= 11 is 0. The lowest BCUT2D eigenvalue weighted by molar-refractivity contribution is -0.121. The van der Waals surface area contributed by atoms with Gasteiger partial charge < -0.3 is 11.1 Å². The summed E-state index contributed by atoms with van der Waals surface area (Å²) in [6.07, 6.45) is 0.607. The monoisotopic (exact) mass is 210 g/mol. The summed E-state index contributed by atoms with van der Waals surface area (Å²) in [5.74, 6) is -0.447. The SMILES string of the molecule is C[C@H](N)C(=O)NCCc1cccc(F)c1. The van der Waals surface area contributed by atoms with Gasteiger partial charge >= 0.3 is 0 Å². The van der Waals surface area contributed by atoms with Gasteiger partial charge in [0, 0.05) is 6.54 Å². The van der Waals surface area contributed by atoms with E-state index in [2.05, 4.69) is 5.32 Å². The Kier molecular flexibility index (Phi) is 4.24. The number of carbonyl (C=O) groups excluding carboxylic acids is 1. The highest BCUT2D eigenvalue weighted by Gasteiger charge is 2.05. The van der Waals surface area contributed by atoms with E-state index < -0.39 is 6.04 Å². The van der Waals surface area contributed by atoms with Crippen molar-refractivity contribution in [1.82, 2.24) is 5.32 Å². The lowest BCUT2D eigenvalue weighted by Gasteiger charge is -2.07. The van der Waals surface area contributed by atoms with Crippen molar-refractivity contribution in [2.24, 2.45) is 5.73 Å². The van der Waals surface area contributed by atoms with Gasteiger partial charge in [0.2, 0.25) is 5.91 Å².